The fraction of sp³-hybridized carbons (Fsp3) is 0.368. The first-order valence-electron chi connectivity index (χ1n) is 9.11. The molecule has 0 radical (unpaired) electrons. The molecule has 2 heterocycles. The fourth-order valence-electron chi connectivity index (χ4n) is 2.67. The summed E-state index contributed by atoms with van der Waals surface area (Å²) in [6.07, 6.45) is -4.35. The first-order valence-corrected chi connectivity index (χ1v) is 10.4. The van der Waals surface area contributed by atoms with Gasteiger partial charge >= 0.3 is 6.18 Å². The molecule has 0 saturated heterocycles. The summed E-state index contributed by atoms with van der Waals surface area (Å²) < 4.78 is 56.5. The van der Waals surface area contributed by atoms with E-state index in [0.29, 0.717) is 16.6 Å². The van der Waals surface area contributed by atoms with E-state index in [-0.39, 0.29) is 29.0 Å². The van der Waals surface area contributed by atoms with Gasteiger partial charge in [0.05, 0.1) is 34.4 Å². The topological polar surface area (TPSA) is 107 Å². The number of imidazole rings is 1. The molecule has 2 atom stereocenters. The molecule has 0 aliphatic heterocycles. The van der Waals surface area contributed by atoms with Crippen LogP contribution >= 0.6 is 0 Å². The van der Waals surface area contributed by atoms with E-state index >= 15 is 0 Å². The summed E-state index contributed by atoms with van der Waals surface area (Å²) in [6, 6.07) is 8.15. The summed E-state index contributed by atoms with van der Waals surface area (Å²) in [5, 5.41) is 18.6. The number of nitrogens with zero attached hydrogens (tertiary/aromatic N) is 3. The van der Waals surface area contributed by atoms with Gasteiger partial charge in [0.25, 0.3) is 0 Å². The molecule has 2 unspecified atom stereocenters. The zero-order chi connectivity index (χ0) is 22.6. The van der Waals surface area contributed by atoms with Gasteiger partial charge in [-0.05, 0) is 25.1 Å². The van der Waals surface area contributed by atoms with Gasteiger partial charge in [-0.2, -0.15) is 17.9 Å². The number of aliphatic hydroxyl groups excluding tert-OH is 2. The van der Waals surface area contributed by atoms with E-state index in [1.165, 1.54) is 23.9 Å². The Morgan fingerprint density at radius 2 is 2.00 bits per heavy atom. The maximum atomic E-state index is 13.1. The highest BCUT2D eigenvalue weighted by Gasteiger charge is 2.29. The molecule has 168 valence electrons. The normalized spacial score (nSPS) is 13.9. The molecule has 0 spiro atoms. The van der Waals surface area contributed by atoms with Crippen molar-refractivity contribution in [3.63, 3.8) is 0 Å². The average Bonchev–Trinajstić information content (AvgIpc) is 3.10. The van der Waals surface area contributed by atoms with E-state index in [2.05, 4.69) is 9.97 Å². The third-order valence-corrected chi connectivity index (χ3v) is 5.42. The summed E-state index contributed by atoms with van der Waals surface area (Å²) in [6.45, 7) is -0.697. The number of fused-ring (bicyclic) bond motifs is 1. The van der Waals surface area contributed by atoms with Gasteiger partial charge in [-0.3, -0.25) is 9.19 Å². The second-order valence-corrected chi connectivity index (χ2v) is 7.93. The van der Waals surface area contributed by atoms with Gasteiger partial charge in [0.1, 0.15) is 24.0 Å². The van der Waals surface area contributed by atoms with E-state index in [1.807, 2.05) is 0 Å². The highest BCUT2D eigenvalue weighted by atomic mass is 32.2. The molecule has 3 rings (SSSR count). The molecule has 0 aliphatic rings. The molecular weight excluding hydrogens is 439 g/mol. The Bertz CT molecular complexity index is 1070. The highest BCUT2D eigenvalue weighted by Crippen LogP contribution is 2.25. The predicted molar refractivity (Wildman–Crippen MR) is 105 cm³/mol. The number of aliphatic hydroxyl groups is 2. The maximum Gasteiger partial charge on any atom is 0.422 e. The van der Waals surface area contributed by atoms with Gasteiger partial charge in [-0.25, -0.2) is 4.98 Å². The number of rotatable bonds is 9. The molecule has 0 fully saturated rings. The highest BCUT2D eigenvalue weighted by molar-refractivity contribution is 7.84. The van der Waals surface area contributed by atoms with Crippen molar-refractivity contribution in [3.8, 4) is 5.75 Å². The van der Waals surface area contributed by atoms with E-state index in [4.69, 9.17) is 14.7 Å². The quantitative estimate of drug-likeness (QED) is 0.502. The van der Waals surface area contributed by atoms with Crippen molar-refractivity contribution in [2.45, 2.75) is 30.1 Å². The van der Waals surface area contributed by atoms with Gasteiger partial charge < -0.3 is 19.8 Å². The lowest BCUT2D eigenvalue weighted by Gasteiger charge is -2.14. The molecule has 0 aliphatic carbocycles. The molecule has 3 aromatic rings. The number of hydrogen-bond donors (Lipinski definition) is 2. The third-order valence-electron chi connectivity index (χ3n) is 4.22. The molecule has 8 nitrogen and oxygen atoms in total. The number of alkyl halides is 3. The van der Waals surface area contributed by atoms with Gasteiger partial charge in [-0.1, -0.05) is 12.1 Å². The van der Waals surface area contributed by atoms with Crippen molar-refractivity contribution in [2.75, 3.05) is 19.8 Å². The van der Waals surface area contributed by atoms with Crippen LogP contribution in [0.2, 0.25) is 0 Å². The molecule has 1 aromatic carbocycles. The Morgan fingerprint density at radius 3 is 2.71 bits per heavy atom. The zero-order valence-electron chi connectivity index (χ0n) is 16.4. The van der Waals surface area contributed by atoms with Crippen molar-refractivity contribution in [1.29, 1.82) is 0 Å². The minimum absolute atomic E-state index is 0.00449. The maximum absolute atomic E-state index is 13.1. The lowest BCUT2D eigenvalue weighted by Crippen LogP contribution is -2.27. The van der Waals surface area contributed by atoms with Crippen molar-refractivity contribution in [1.82, 2.24) is 14.7 Å². The summed E-state index contributed by atoms with van der Waals surface area (Å²) in [5.74, 6) is -0.153. The Hall–Kier alpha value is -2.70. The van der Waals surface area contributed by atoms with Crippen LogP contribution < -0.4 is 9.57 Å². The number of para-hydroxylation sites is 2. The van der Waals surface area contributed by atoms with Crippen molar-refractivity contribution in [2.24, 2.45) is 0 Å². The minimum Gasteiger partial charge on any atom is -0.484 e. The van der Waals surface area contributed by atoms with Crippen LogP contribution in [0.4, 0.5) is 13.2 Å². The SMILES string of the molecule is Cc1c(OCC(F)(F)F)ccnc1CS(=O)c1nc2ccccc2n1OCC(O)CO. The lowest BCUT2D eigenvalue weighted by atomic mass is 10.2. The molecule has 2 N–H and O–H groups in total. The van der Waals surface area contributed by atoms with E-state index in [9.17, 15) is 22.5 Å². The number of aromatic nitrogens is 3. The molecule has 0 amide bonds. The van der Waals surface area contributed by atoms with Crippen LogP contribution in [-0.2, 0) is 16.6 Å². The smallest absolute Gasteiger partial charge is 0.422 e. The number of benzene rings is 1. The Balaban J connectivity index is 1.87. The number of hydrogen-bond acceptors (Lipinski definition) is 7. The largest absolute Gasteiger partial charge is 0.484 e. The monoisotopic (exact) mass is 459 g/mol. The Labute approximate surface area is 177 Å². The van der Waals surface area contributed by atoms with E-state index in [1.54, 1.807) is 24.3 Å². The van der Waals surface area contributed by atoms with Gasteiger partial charge in [0.2, 0.25) is 5.16 Å². The molecule has 0 saturated carbocycles. The number of halogens is 3. The van der Waals surface area contributed by atoms with Crippen molar-refractivity contribution >= 4 is 21.8 Å². The van der Waals surface area contributed by atoms with Crippen LogP contribution in [0.25, 0.3) is 11.0 Å². The predicted octanol–water partition coefficient (Wildman–Crippen LogP) is 1.77. The fourth-order valence-corrected chi connectivity index (χ4v) is 3.88. The average molecular weight is 459 g/mol. The summed E-state index contributed by atoms with van der Waals surface area (Å²) in [5.41, 5.74) is 1.62. The van der Waals surface area contributed by atoms with Crippen LogP contribution in [0.5, 0.6) is 5.75 Å². The van der Waals surface area contributed by atoms with Crippen LogP contribution in [-0.4, -0.2) is 61.2 Å². The second-order valence-electron chi connectivity index (χ2n) is 6.58. The van der Waals surface area contributed by atoms with Crippen molar-refractivity contribution in [3.05, 3.63) is 47.8 Å². The molecule has 31 heavy (non-hydrogen) atoms. The zero-order valence-corrected chi connectivity index (χ0v) is 17.2. The first kappa shape index (κ1) is 23.0. The van der Waals surface area contributed by atoms with Gasteiger partial charge in [-0.15, -0.1) is 0 Å². The van der Waals surface area contributed by atoms with Crippen LogP contribution in [0, 0.1) is 6.92 Å². The summed E-state index contributed by atoms with van der Waals surface area (Å²) >= 11 is 0. The first-order chi connectivity index (χ1) is 14.7. The van der Waals surface area contributed by atoms with Crippen LogP contribution in [0.1, 0.15) is 11.3 Å². The van der Waals surface area contributed by atoms with Crippen LogP contribution in [0.3, 0.4) is 0 Å². The second kappa shape index (κ2) is 9.62. The number of pyridine rings is 1. The Kier molecular flexibility index (Phi) is 7.13. The van der Waals surface area contributed by atoms with Crippen molar-refractivity contribution < 1.29 is 37.2 Å². The van der Waals surface area contributed by atoms with Crippen LogP contribution in [0.15, 0.2) is 41.7 Å². The molecular formula is C19H20F3N3O5S. The number of ether oxygens (including phenoxy) is 1. The standard InChI is InChI=1S/C19H20F3N3O5S/c1-12-15(23-7-6-17(12)29-11-19(20,21)22)10-31(28)18-24-14-4-2-3-5-16(14)25(18)30-9-13(27)8-26/h2-7,13,26-27H,8-11H2,1H3. The molecule has 12 heteroatoms. The van der Waals surface area contributed by atoms with E-state index < -0.39 is 36.3 Å². The Morgan fingerprint density at radius 1 is 1.26 bits per heavy atom. The van der Waals surface area contributed by atoms with E-state index in [0.717, 1.165) is 0 Å². The van der Waals surface area contributed by atoms with Gasteiger partial charge in [0.15, 0.2) is 6.61 Å². The van der Waals surface area contributed by atoms with Gasteiger partial charge in [0, 0.05) is 11.8 Å². The molecule has 0 bridgehead atoms. The lowest BCUT2D eigenvalue weighted by molar-refractivity contribution is -0.153. The third kappa shape index (κ3) is 5.71. The minimum atomic E-state index is -4.49. The summed E-state index contributed by atoms with van der Waals surface area (Å²) in [7, 11) is -1.79. The summed E-state index contributed by atoms with van der Waals surface area (Å²) in [4.78, 5) is 13.9. The molecule has 2 aromatic heterocycles.